The van der Waals surface area contributed by atoms with E-state index in [4.69, 9.17) is 4.74 Å². The van der Waals surface area contributed by atoms with E-state index in [0.717, 1.165) is 11.4 Å². The molecule has 126 valence electrons. The maximum absolute atomic E-state index is 12.6. The predicted octanol–water partition coefficient (Wildman–Crippen LogP) is 1.16. The van der Waals surface area contributed by atoms with Crippen LogP contribution < -0.4 is 0 Å². The molecule has 1 N–H and O–H groups in total. The Morgan fingerprint density at radius 1 is 1.39 bits per heavy atom. The molecule has 0 aromatic carbocycles. The molecule has 2 atom stereocenters. The number of aryl methyl sites for hydroxylation is 1. The lowest BCUT2D eigenvalue weighted by atomic mass is 9.81. The Labute approximate surface area is 139 Å². The van der Waals surface area contributed by atoms with E-state index in [1.54, 1.807) is 12.0 Å². The number of fused-ring (bicyclic) bond motifs is 1. The van der Waals surface area contributed by atoms with Gasteiger partial charge in [-0.05, 0) is 19.1 Å². The van der Waals surface area contributed by atoms with Crippen LogP contribution in [0.2, 0.25) is 0 Å². The normalized spacial score (nSPS) is 27.4. The first-order valence-corrected chi connectivity index (χ1v) is 8.58. The van der Waals surface area contributed by atoms with Crippen LogP contribution in [0.5, 0.6) is 0 Å². The van der Waals surface area contributed by atoms with Gasteiger partial charge in [-0.25, -0.2) is 0 Å². The predicted molar refractivity (Wildman–Crippen MR) is 86.8 cm³/mol. The summed E-state index contributed by atoms with van der Waals surface area (Å²) in [7, 11) is 1.65. The molecule has 3 rings (SSSR count). The molecule has 0 spiro atoms. The number of amides is 1. The van der Waals surface area contributed by atoms with E-state index in [1.807, 2.05) is 19.1 Å². The summed E-state index contributed by atoms with van der Waals surface area (Å²) in [5, 5.41) is 9.80. The van der Waals surface area contributed by atoms with E-state index in [-0.39, 0.29) is 11.8 Å². The number of carbonyl (C=O) groups is 2. The zero-order valence-corrected chi connectivity index (χ0v) is 14.3. The zero-order chi connectivity index (χ0) is 16.6. The van der Waals surface area contributed by atoms with Crippen molar-refractivity contribution in [2.24, 2.45) is 11.3 Å². The average Bonchev–Trinajstić information content (AvgIpc) is 3.16. The number of ether oxygens (including phenoxy) is 1. The number of carboxylic acid groups (broad SMARTS) is 1. The molecule has 0 saturated carbocycles. The minimum absolute atomic E-state index is 0.0122. The molecule has 1 aromatic heterocycles. The molecule has 6 nitrogen and oxygen atoms in total. The summed E-state index contributed by atoms with van der Waals surface area (Å²) < 4.78 is 5.09. The molecule has 3 heterocycles. The summed E-state index contributed by atoms with van der Waals surface area (Å²) in [5.41, 5.74) is -0.838. The number of likely N-dealkylation sites (tertiary alicyclic amines) is 2. The number of thiophene rings is 1. The number of aliphatic carboxylic acids is 1. The van der Waals surface area contributed by atoms with Crippen molar-refractivity contribution < 1.29 is 19.4 Å². The fraction of sp³-hybridized carbons (Fsp3) is 0.625. The second-order valence-corrected chi connectivity index (χ2v) is 7.77. The SMILES string of the molecule is COCCN1CC2CN(C(=O)c3ccc(C)s3)C[C@]2(C(=O)O)C1. The van der Waals surface area contributed by atoms with Gasteiger partial charge in [-0.2, -0.15) is 0 Å². The standard InChI is InChI=1S/C16H22N2O4S/c1-11-3-4-13(23-11)14(19)18-8-12-7-17(5-6-22-2)9-16(12,10-18)15(20)21/h3-4,12H,5-10H2,1-2H3,(H,20,21)/t12?,16-/m1/s1. The van der Waals surface area contributed by atoms with Crippen molar-refractivity contribution >= 4 is 23.2 Å². The summed E-state index contributed by atoms with van der Waals surface area (Å²) in [6, 6.07) is 3.75. The molecular formula is C16H22N2O4S. The van der Waals surface area contributed by atoms with Crippen LogP contribution >= 0.6 is 11.3 Å². The molecule has 0 bridgehead atoms. The van der Waals surface area contributed by atoms with Gasteiger partial charge in [0.05, 0.1) is 11.5 Å². The van der Waals surface area contributed by atoms with Crippen LogP contribution in [0.25, 0.3) is 0 Å². The molecule has 7 heteroatoms. The zero-order valence-electron chi connectivity index (χ0n) is 13.4. The van der Waals surface area contributed by atoms with Crippen molar-refractivity contribution in [1.29, 1.82) is 0 Å². The van der Waals surface area contributed by atoms with Crippen molar-refractivity contribution in [1.82, 2.24) is 9.80 Å². The number of carboxylic acids is 1. The number of methoxy groups -OCH3 is 1. The maximum Gasteiger partial charge on any atom is 0.313 e. The third kappa shape index (κ3) is 2.88. The van der Waals surface area contributed by atoms with Crippen LogP contribution in [0.15, 0.2) is 12.1 Å². The molecule has 0 radical (unpaired) electrons. The summed E-state index contributed by atoms with van der Waals surface area (Å²) >= 11 is 1.46. The Morgan fingerprint density at radius 3 is 2.74 bits per heavy atom. The molecular weight excluding hydrogens is 316 g/mol. The lowest BCUT2D eigenvalue weighted by Gasteiger charge is -2.25. The Morgan fingerprint density at radius 2 is 2.17 bits per heavy atom. The number of nitrogens with zero attached hydrogens (tertiary/aromatic N) is 2. The summed E-state index contributed by atoms with van der Waals surface area (Å²) in [6.45, 7) is 5.32. The van der Waals surface area contributed by atoms with Gasteiger partial charge in [0.15, 0.2) is 0 Å². The maximum atomic E-state index is 12.6. The van der Waals surface area contributed by atoms with Crippen molar-refractivity contribution in [2.45, 2.75) is 6.92 Å². The third-order valence-electron chi connectivity index (χ3n) is 4.96. The Hall–Kier alpha value is -1.44. The number of hydrogen-bond acceptors (Lipinski definition) is 5. The minimum atomic E-state index is -0.838. The van der Waals surface area contributed by atoms with Crippen molar-refractivity contribution in [2.75, 3.05) is 46.4 Å². The van der Waals surface area contributed by atoms with Gasteiger partial charge < -0.3 is 14.7 Å². The molecule has 1 unspecified atom stereocenters. The van der Waals surface area contributed by atoms with E-state index in [9.17, 15) is 14.7 Å². The quantitative estimate of drug-likeness (QED) is 0.872. The van der Waals surface area contributed by atoms with Crippen LogP contribution in [-0.2, 0) is 9.53 Å². The monoisotopic (exact) mass is 338 g/mol. The van der Waals surface area contributed by atoms with Crippen LogP contribution in [-0.4, -0.2) is 73.2 Å². The molecule has 1 amide bonds. The molecule has 0 aliphatic carbocycles. The van der Waals surface area contributed by atoms with Crippen molar-refractivity contribution in [3.63, 3.8) is 0 Å². The second-order valence-electron chi connectivity index (χ2n) is 6.48. The van der Waals surface area contributed by atoms with Gasteiger partial charge >= 0.3 is 5.97 Å². The van der Waals surface area contributed by atoms with Crippen molar-refractivity contribution in [3.05, 3.63) is 21.9 Å². The molecule has 23 heavy (non-hydrogen) atoms. The average molecular weight is 338 g/mol. The van der Waals surface area contributed by atoms with E-state index in [2.05, 4.69) is 4.90 Å². The van der Waals surface area contributed by atoms with E-state index >= 15 is 0 Å². The Bertz CT molecular complexity index is 617. The largest absolute Gasteiger partial charge is 0.481 e. The lowest BCUT2D eigenvalue weighted by molar-refractivity contribution is -0.148. The Balaban J connectivity index is 1.74. The molecule has 2 fully saturated rings. The first-order chi connectivity index (χ1) is 11.0. The van der Waals surface area contributed by atoms with Gasteiger partial charge in [0.1, 0.15) is 5.41 Å². The van der Waals surface area contributed by atoms with E-state index in [1.165, 1.54) is 11.3 Å². The van der Waals surface area contributed by atoms with Crippen LogP contribution in [0.4, 0.5) is 0 Å². The highest BCUT2D eigenvalue weighted by Crippen LogP contribution is 2.43. The van der Waals surface area contributed by atoms with E-state index < -0.39 is 11.4 Å². The fourth-order valence-corrected chi connectivity index (χ4v) is 4.56. The van der Waals surface area contributed by atoms with E-state index in [0.29, 0.717) is 37.7 Å². The topological polar surface area (TPSA) is 70.1 Å². The number of hydrogen-bond donors (Lipinski definition) is 1. The molecule has 2 aliphatic rings. The van der Waals surface area contributed by atoms with Gasteiger partial charge in [0.25, 0.3) is 5.91 Å². The highest BCUT2D eigenvalue weighted by molar-refractivity contribution is 7.13. The van der Waals surface area contributed by atoms with Gasteiger partial charge in [0, 0.05) is 50.6 Å². The van der Waals surface area contributed by atoms with Crippen LogP contribution in [0.3, 0.4) is 0 Å². The third-order valence-corrected chi connectivity index (χ3v) is 5.94. The van der Waals surface area contributed by atoms with Gasteiger partial charge in [0.2, 0.25) is 0 Å². The van der Waals surface area contributed by atoms with Crippen LogP contribution in [0.1, 0.15) is 14.5 Å². The van der Waals surface area contributed by atoms with Gasteiger partial charge in [-0.3, -0.25) is 14.5 Å². The van der Waals surface area contributed by atoms with Crippen LogP contribution in [0, 0.1) is 18.3 Å². The summed E-state index contributed by atoms with van der Waals surface area (Å²) in [4.78, 5) is 30.2. The van der Waals surface area contributed by atoms with Gasteiger partial charge in [-0.15, -0.1) is 11.3 Å². The fourth-order valence-electron chi connectivity index (χ4n) is 3.72. The second kappa shape index (κ2) is 6.22. The summed E-state index contributed by atoms with van der Waals surface area (Å²) in [5.74, 6) is -0.844. The molecule has 2 saturated heterocycles. The molecule has 1 aromatic rings. The van der Waals surface area contributed by atoms with Gasteiger partial charge in [-0.1, -0.05) is 0 Å². The Kier molecular flexibility index (Phi) is 4.44. The highest BCUT2D eigenvalue weighted by atomic mass is 32.1. The first-order valence-electron chi connectivity index (χ1n) is 7.76. The number of rotatable bonds is 5. The smallest absolute Gasteiger partial charge is 0.313 e. The number of carbonyl (C=O) groups excluding carboxylic acids is 1. The highest BCUT2D eigenvalue weighted by Gasteiger charge is 2.58. The van der Waals surface area contributed by atoms with Crippen molar-refractivity contribution in [3.8, 4) is 0 Å². The minimum Gasteiger partial charge on any atom is -0.481 e. The summed E-state index contributed by atoms with van der Waals surface area (Å²) in [6.07, 6.45) is 0. The lowest BCUT2D eigenvalue weighted by Crippen LogP contribution is -2.42. The first kappa shape index (κ1) is 16.4. The molecule has 2 aliphatic heterocycles.